The fraction of sp³-hybridized carbons (Fsp3) is 0.500. The van der Waals surface area contributed by atoms with E-state index in [2.05, 4.69) is 20.6 Å². The fourth-order valence-electron chi connectivity index (χ4n) is 1.05. The van der Waals surface area contributed by atoms with Gasteiger partial charge in [0, 0.05) is 19.2 Å². The largest absolute Gasteiger partial charge is 0.395 e. The smallest absolute Gasteiger partial charge is 0.134 e. The number of nitrogens with one attached hydrogen (secondary N) is 2. The third-order valence-corrected chi connectivity index (χ3v) is 1.73. The van der Waals surface area contributed by atoms with Crippen LogP contribution in [0.15, 0.2) is 6.33 Å². The Balaban J connectivity index is 2.81. The van der Waals surface area contributed by atoms with Gasteiger partial charge >= 0.3 is 0 Å². The number of rotatable bonds is 4. The van der Waals surface area contributed by atoms with Crippen LogP contribution in [0.4, 0.5) is 11.6 Å². The maximum Gasteiger partial charge on any atom is 0.134 e. The summed E-state index contributed by atoms with van der Waals surface area (Å²) in [5.41, 5.74) is 0.957. The van der Waals surface area contributed by atoms with Crippen molar-refractivity contribution in [1.29, 1.82) is 0 Å². The second kappa shape index (κ2) is 4.61. The van der Waals surface area contributed by atoms with E-state index in [9.17, 15) is 0 Å². The summed E-state index contributed by atoms with van der Waals surface area (Å²) in [7, 11) is 1.81. The molecule has 0 aliphatic heterocycles. The predicted molar refractivity (Wildman–Crippen MR) is 51.9 cm³/mol. The first-order chi connectivity index (χ1) is 6.29. The zero-order chi connectivity index (χ0) is 9.68. The Morgan fingerprint density at radius 1 is 1.38 bits per heavy atom. The number of anilines is 2. The Morgan fingerprint density at radius 3 is 2.69 bits per heavy atom. The Morgan fingerprint density at radius 2 is 2.08 bits per heavy atom. The second-order valence-electron chi connectivity index (χ2n) is 2.60. The number of hydrogen-bond donors (Lipinski definition) is 3. The molecule has 0 aliphatic carbocycles. The van der Waals surface area contributed by atoms with Crippen LogP contribution < -0.4 is 10.6 Å². The summed E-state index contributed by atoms with van der Waals surface area (Å²) < 4.78 is 0. The van der Waals surface area contributed by atoms with Crippen molar-refractivity contribution in [2.45, 2.75) is 6.92 Å². The lowest BCUT2D eigenvalue weighted by Gasteiger charge is -2.09. The summed E-state index contributed by atoms with van der Waals surface area (Å²) in [5.74, 6) is 1.56. The Labute approximate surface area is 77.2 Å². The molecule has 0 fully saturated rings. The van der Waals surface area contributed by atoms with Crippen LogP contribution in [-0.2, 0) is 0 Å². The molecule has 0 spiro atoms. The van der Waals surface area contributed by atoms with E-state index in [0.29, 0.717) is 6.54 Å². The van der Waals surface area contributed by atoms with E-state index < -0.39 is 0 Å². The molecular weight excluding hydrogens is 168 g/mol. The highest BCUT2D eigenvalue weighted by atomic mass is 16.3. The zero-order valence-corrected chi connectivity index (χ0v) is 7.83. The summed E-state index contributed by atoms with van der Waals surface area (Å²) in [5, 5.41) is 14.6. The van der Waals surface area contributed by atoms with Crippen LogP contribution in [-0.4, -0.2) is 35.3 Å². The SMILES string of the molecule is CNc1ncnc(NCCO)c1C. The summed E-state index contributed by atoms with van der Waals surface area (Å²) in [6.45, 7) is 2.52. The number of aliphatic hydroxyl groups is 1. The highest BCUT2D eigenvalue weighted by Crippen LogP contribution is 2.16. The molecule has 0 saturated heterocycles. The van der Waals surface area contributed by atoms with Crippen LogP contribution in [0, 0.1) is 6.92 Å². The van der Waals surface area contributed by atoms with E-state index >= 15 is 0 Å². The van der Waals surface area contributed by atoms with Crippen molar-refractivity contribution < 1.29 is 5.11 Å². The molecule has 5 heteroatoms. The number of nitrogens with zero attached hydrogens (tertiary/aromatic N) is 2. The van der Waals surface area contributed by atoms with E-state index in [1.165, 1.54) is 6.33 Å². The second-order valence-corrected chi connectivity index (χ2v) is 2.60. The molecule has 1 aromatic rings. The lowest BCUT2D eigenvalue weighted by molar-refractivity contribution is 0.311. The van der Waals surface area contributed by atoms with Gasteiger partial charge in [0.1, 0.15) is 18.0 Å². The summed E-state index contributed by atoms with van der Waals surface area (Å²) in [4.78, 5) is 8.09. The van der Waals surface area contributed by atoms with Crippen LogP contribution in [0.5, 0.6) is 0 Å². The molecule has 1 rings (SSSR count). The first kappa shape index (κ1) is 9.73. The Bertz CT molecular complexity index is 277. The summed E-state index contributed by atoms with van der Waals surface area (Å²) in [6, 6.07) is 0. The Kier molecular flexibility index (Phi) is 3.45. The van der Waals surface area contributed by atoms with Gasteiger partial charge in [-0.2, -0.15) is 0 Å². The van der Waals surface area contributed by atoms with Crippen molar-refractivity contribution >= 4 is 11.6 Å². The van der Waals surface area contributed by atoms with E-state index in [1.54, 1.807) is 0 Å². The molecule has 0 atom stereocenters. The lowest BCUT2D eigenvalue weighted by Crippen LogP contribution is -2.09. The van der Waals surface area contributed by atoms with Gasteiger partial charge in [-0.3, -0.25) is 0 Å². The molecule has 5 nitrogen and oxygen atoms in total. The van der Waals surface area contributed by atoms with Crippen LogP contribution in [0.25, 0.3) is 0 Å². The first-order valence-corrected chi connectivity index (χ1v) is 4.13. The normalized spacial score (nSPS) is 9.77. The third-order valence-electron chi connectivity index (χ3n) is 1.73. The van der Waals surface area contributed by atoms with E-state index in [1.807, 2.05) is 14.0 Å². The van der Waals surface area contributed by atoms with Gasteiger partial charge < -0.3 is 15.7 Å². The minimum atomic E-state index is 0.0956. The molecule has 0 amide bonds. The Hall–Kier alpha value is -1.36. The number of aliphatic hydroxyl groups excluding tert-OH is 1. The molecular formula is C8H14N4O. The molecule has 3 N–H and O–H groups in total. The average Bonchev–Trinajstić information content (AvgIpc) is 2.16. The van der Waals surface area contributed by atoms with Gasteiger partial charge in [-0.15, -0.1) is 0 Å². The summed E-state index contributed by atoms with van der Waals surface area (Å²) in [6.07, 6.45) is 1.48. The third kappa shape index (κ3) is 2.29. The zero-order valence-electron chi connectivity index (χ0n) is 7.83. The maximum absolute atomic E-state index is 8.62. The molecule has 1 heterocycles. The molecule has 13 heavy (non-hydrogen) atoms. The van der Waals surface area contributed by atoms with Gasteiger partial charge in [0.05, 0.1) is 6.61 Å². The van der Waals surface area contributed by atoms with Crippen molar-refractivity contribution in [3.8, 4) is 0 Å². The first-order valence-electron chi connectivity index (χ1n) is 4.13. The number of aromatic nitrogens is 2. The molecule has 0 aromatic carbocycles. The van der Waals surface area contributed by atoms with Crippen molar-refractivity contribution in [2.75, 3.05) is 30.8 Å². The fourth-order valence-corrected chi connectivity index (χ4v) is 1.05. The van der Waals surface area contributed by atoms with Crippen LogP contribution >= 0.6 is 0 Å². The van der Waals surface area contributed by atoms with Gasteiger partial charge in [-0.1, -0.05) is 0 Å². The van der Waals surface area contributed by atoms with Crippen LogP contribution in [0.2, 0.25) is 0 Å². The predicted octanol–water partition coefficient (Wildman–Crippen LogP) is 0.231. The number of hydrogen-bond acceptors (Lipinski definition) is 5. The van der Waals surface area contributed by atoms with Gasteiger partial charge in [-0.05, 0) is 6.92 Å². The van der Waals surface area contributed by atoms with Gasteiger partial charge in [0.15, 0.2) is 0 Å². The van der Waals surface area contributed by atoms with Crippen molar-refractivity contribution in [2.24, 2.45) is 0 Å². The minimum Gasteiger partial charge on any atom is -0.395 e. The molecule has 0 unspecified atom stereocenters. The molecule has 0 saturated carbocycles. The van der Waals surface area contributed by atoms with Crippen molar-refractivity contribution in [1.82, 2.24) is 9.97 Å². The molecule has 0 radical (unpaired) electrons. The maximum atomic E-state index is 8.62. The van der Waals surface area contributed by atoms with Gasteiger partial charge in [-0.25, -0.2) is 9.97 Å². The van der Waals surface area contributed by atoms with Crippen LogP contribution in [0.1, 0.15) is 5.56 Å². The van der Waals surface area contributed by atoms with E-state index in [0.717, 1.165) is 17.2 Å². The summed E-state index contributed by atoms with van der Waals surface area (Å²) >= 11 is 0. The quantitative estimate of drug-likeness (QED) is 0.622. The minimum absolute atomic E-state index is 0.0956. The highest BCUT2D eigenvalue weighted by molar-refractivity contribution is 5.55. The highest BCUT2D eigenvalue weighted by Gasteiger charge is 2.03. The monoisotopic (exact) mass is 182 g/mol. The molecule has 72 valence electrons. The lowest BCUT2D eigenvalue weighted by atomic mass is 10.3. The van der Waals surface area contributed by atoms with Crippen molar-refractivity contribution in [3.05, 3.63) is 11.9 Å². The van der Waals surface area contributed by atoms with E-state index in [-0.39, 0.29) is 6.61 Å². The molecule has 0 aliphatic rings. The van der Waals surface area contributed by atoms with Gasteiger partial charge in [0.2, 0.25) is 0 Å². The topological polar surface area (TPSA) is 70.1 Å². The standard InChI is InChI=1S/C8H14N4O/c1-6-7(9-2)11-5-12-8(6)10-3-4-13/h5,13H,3-4H2,1-2H3,(H2,9,10,11,12). The van der Waals surface area contributed by atoms with Crippen LogP contribution in [0.3, 0.4) is 0 Å². The van der Waals surface area contributed by atoms with E-state index in [4.69, 9.17) is 5.11 Å². The van der Waals surface area contributed by atoms with Crippen molar-refractivity contribution in [3.63, 3.8) is 0 Å². The molecule has 1 aromatic heterocycles. The molecule has 0 bridgehead atoms. The average molecular weight is 182 g/mol. The van der Waals surface area contributed by atoms with Gasteiger partial charge in [0.25, 0.3) is 0 Å².